The fraction of sp³-hybridized carbons (Fsp3) is 0.200. The van der Waals surface area contributed by atoms with E-state index in [1.54, 1.807) is 0 Å². The van der Waals surface area contributed by atoms with Gasteiger partial charge in [-0.3, -0.25) is 4.79 Å². The van der Waals surface area contributed by atoms with E-state index in [4.69, 9.17) is 9.72 Å². The number of nitrogens with zero attached hydrogens (tertiary/aromatic N) is 1. The van der Waals surface area contributed by atoms with E-state index in [2.05, 4.69) is 39.9 Å². The summed E-state index contributed by atoms with van der Waals surface area (Å²) < 4.78 is 5.93. The summed E-state index contributed by atoms with van der Waals surface area (Å²) in [6.07, 6.45) is 0. The molecule has 0 saturated heterocycles. The topological polar surface area (TPSA) is 79.0 Å². The van der Waals surface area contributed by atoms with Gasteiger partial charge in [0.25, 0.3) is 0 Å². The number of hydrogen-bond acceptors (Lipinski definition) is 4. The van der Waals surface area contributed by atoms with E-state index in [1.807, 2.05) is 48.5 Å². The van der Waals surface area contributed by atoms with Gasteiger partial charge in [0.15, 0.2) is 0 Å². The average Bonchev–Trinajstić information content (AvgIpc) is 3.22. The highest BCUT2D eigenvalue weighted by Gasteiger charge is 2.08. The summed E-state index contributed by atoms with van der Waals surface area (Å²) in [4.78, 5) is 19.1. The van der Waals surface area contributed by atoms with Gasteiger partial charge in [-0.25, -0.2) is 4.98 Å². The molecule has 0 bridgehead atoms. The Balaban J connectivity index is 1.41. The normalized spacial score (nSPS) is 10.9. The van der Waals surface area contributed by atoms with Crippen LogP contribution in [0.5, 0.6) is 5.75 Å². The van der Waals surface area contributed by atoms with Crippen molar-refractivity contribution in [3.8, 4) is 17.1 Å². The highest BCUT2D eigenvalue weighted by atomic mass is 16.5. The van der Waals surface area contributed by atoms with Crippen molar-refractivity contribution in [1.29, 1.82) is 0 Å². The van der Waals surface area contributed by atoms with Gasteiger partial charge in [0.1, 0.15) is 18.2 Å². The minimum absolute atomic E-state index is 0.0118. The fourth-order valence-corrected chi connectivity index (χ4v) is 3.34. The number of rotatable bonds is 9. The third kappa shape index (κ3) is 5.71. The first-order valence-electron chi connectivity index (χ1n) is 10.4. The van der Waals surface area contributed by atoms with E-state index in [-0.39, 0.29) is 5.91 Å². The Kier molecular flexibility index (Phi) is 6.59. The maximum atomic E-state index is 10.9. The third-order valence-corrected chi connectivity index (χ3v) is 4.91. The Morgan fingerprint density at radius 3 is 2.65 bits per heavy atom. The van der Waals surface area contributed by atoms with Crippen molar-refractivity contribution in [2.45, 2.75) is 20.1 Å². The largest absolute Gasteiger partial charge is 0.489 e. The smallest absolute Gasteiger partial charge is 0.216 e. The molecule has 4 aromatic rings. The van der Waals surface area contributed by atoms with Crippen molar-refractivity contribution < 1.29 is 9.53 Å². The third-order valence-electron chi connectivity index (χ3n) is 4.91. The van der Waals surface area contributed by atoms with Crippen LogP contribution in [-0.2, 0) is 17.9 Å². The average molecular weight is 415 g/mol. The second kappa shape index (κ2) is 9.91. The molecule has 0 aliphatic carbocycles. The first kappa shape index (κ1) is 20.6. The van der Waals surface area contributed by atoms with Crippen LogP contribution in [0.4, 0.5) is 0 Å². The van der Waals surface area contributed by atoms with Crippen molar-refractivity contribution in [3.05, 3.63) is 83.9 Å². The van der Waals surface area contributed by atoms with Crippen molar-refractivity contribution >= 4 is 16.9 Å². The molecule has 6 heteroatoms. The molecule has 1 aromatic heterocycles. The highest BCUT2D eigenvalue weighted by Crippen LogP contribution is 2.25. The van der Waals surface area contributed by atoms with E-state index in [9.17, 15) is 4.79 Å². The first-order chi connectivity index (χ1) is 15.2. The second-order valence-electron chi connectivity index (χ2n) is 7.40. The molecule has 1 amide bonds. The summed E-state index contributed by atoms with van der Waals surface area (Å²) >= 11 is 0. The number of aromatic amines is 1. The lowest BCUT2D eigenvalue weighted by Crippen LogP contribution is -2.29. The molecule has 31 heavy (non-hydrogen) atoms. The minimum Gasteiger partial charge on any atom is -0.489 e. The number of aromatic nitrogens is 2. The maximum absolute atomic E-state index is 10.9. The van der Waals surface area contributed by atoms with Crippen molar-refractivity contribution in [3.63, 3.8) is 0 Å². The Bertz CT molecular complexity index is 1150. The number of imidazole rings is 1. The zero-order chi connectivity index (χ0) is 21.5. The molecular weight excluding hydrogens is 388 g/mol. The number of carbonyl (C=O) groups is 1. The van der Waals surface area contributed by atoms with Crippen LogP contribution in [0, 0.1) is 0 Å². The van der Waals surface area contributed by atoms with Gasteiger partial charge >= 0.3 is 0 Å². The molecule has 0 unspecified atom stereocenters. The van der Waals surface area contributed by atoms with Crippen LogP contribution in [0.15, 0.2) is 72.8 Å². The zero-order valence-electron chi connectivity index (χ0n) is 17.5. The summed E-state index contributed by atoms with van der Waals surface area (Å²) in [5.74, 6) is 1.63. The van der Waals surface area contributed by atoms with Gasteiger partial charge in [-0.05, 0) is 29.3 Å². The Labute approximate surface area is 181 Å². The van der Waals surface area contributed by atoms with Crippen molar-refractivity contribution in [1.82, 2.24) is 20.6 Å². The highest BCUT2D eigenvalue weighted by molar-refractivity contribution is 5.80. The summed E-state index contributed by atoms with van der Waals surface area (Å²) in [7, 11) is 0. The predicted octanol–water partition coefficient (Wildman–Crippen LogP) is 4.03. The van der Waals surface area contributed by atoms with Crippen LogP contribution in [0.3, 0.4) is 0 Å². The molecule has 0 spiro atoms. The molecule has 3 aromatic carbocycles. The monoisotopic (exact) mass is 414 g/mol. The number of ether oxygens (including phenoxy) is 1. The lowest BCUT2D eigenvalue weighted by Gasteiger charge is -2.06. The Hall–Kier alpha value is -3.64. The Morgan fingerprint density at radius 1 is 0.968 bits per heavy atom. The van der Waals surface area contributed by atoms with Crippen LogP contribution in [0.1, 0.15) is 18.1 Å². The molecule has 0 saturated carbocycles. The first-order valence-corrected chi connectivity index (χ1v) is 10.4. The number of benzene rings is 3. The number of nitrogens with one attached hydrogen (secondary N) is 3. The summed E-state index contributed by atoms with van der Waals surface area (Å²) in [6, 6.07) is 24.3. The molecule has 4 rings (SSSR count). The Morgan fingerprint density at radius 2 is 1.81 bits per heavy atom. The van der Waals surface area contributed by atoms with Gasteiger partial charge in [-0.2, -0.15) is 0 Å². The van der Waals surface area contributed by atoms with Gasteiger partial charge in [0, 0.05) is 38.2 Å². The van der Waals surface area contributed by atoms with E-state index < -0.39 is 0 Å². The van der Waals surface area contributed by atoms with E-state index in [1.165, 1.54) is 6.92 Å². The molecule has 0 aliphatic rings. The van der Waals surface area contributed by atoms with E-state index in [0.717, 1.165) is 52.4 Å². The quantitative estimate of drug-likeness (QED) is 0.361. The predicted molar refractivity (Wildman–Crippen MR) is 123 cm³/mol. The molecule has 6 nitrogen and oxygen atoms in total. The van der Waals surface area contributed by atoms with Gasteiger partial charge in [-0.1, -0.05) is 48.5 Å². The molecule has 3 N–H and O–H groups in total. The number of amides is 1. The maximum Gasteiger partial charge on any atom is 0.216 e. The zero-order valence-corrected chi connectivity index (χ0v) is 17.5. The fourth-order valence-electron chi connectivity index (χ4n) is 3.34. The number of carbonyl (C=O) groups excluding carboxylic acids is 1. The van der Waals surface area contributed by atoms with Crippen molar-refractivity contribution in [2.24, 2.45) is 0 Å². The van der Waals surface area contributed by atoms with Crippen LogP contribution in [0.25, 0.3) is 22.4 Å². The summed E-state index contributed by atoms with van der Waals surface area (Å²) in [6.45, 7) is 4.12. The molecule has 0 fully saturated rings. The van der Waals surface area contributed by atoms with Crippen LogP contribution < -0.4 is 15.4 Å². The number of H-pyrrole nitrogens is 1. The molecule has 158 valence electrons. The van der Waals surface area contributed by atoms with Gasteiger partial charge in [0.2, 0.25) is 5.91 Å². The standard InChI is InChI=1S/C25H26N4O2/c1-18(30)27-13-12-26-16-20-8-5-9-21(14-20)25-28-23-11-10-22(15-24(23)29-25)31-17-19-6-3-2-4-7-19/h2-11,14-15,26H,12-13,16-17H2,1H3,(H,27,30)(H,28,29). The van der Waals surface area contributed by atoms with Crippen LogP contribution in [-0.4, -0.2) is 29.0 Å². The molecule has 0 aliphatic heterocycles. The van der Waals surface area contributed by atoms with Crippen LogP contribution in [0.2, 0.25) is 0 Å². The SMILES string of the molecule is CC(=O)NCCNCc1cccc(-c2nc3ccc(OCc4ccccc4)cc3[nH]2)c1. The van der Waals surface area contributed by atoms with Crippen LogP contribution >= 0.6 is 0 Å². The summed E-state index contributed by atoms with van der Waals surface area (Å²) in [5.41, 5.74) is 5.17. The molecule has 0 radical (unpaired) electrons. The van der Waals surface area contributed by atoms with Crippen molar-refractivity contribution in [2.75, 3.05) is 13.1 Å². The van der Waals surface area contributed by atoms with Gasteiger partial charge < -0.3 is 20.4 Å². The molecule has 1 heterocycles. The number of fused-ring (bicyclic) bond motifs is 1. The summed E-state index contributed by atoms with van der Waals surface area (Å²) in [5, 5.41) is 6.12. The molecular formula is C25H26N4O2. The minimum atomic E-state index is -0.0118. The lowest BCUT2D eigenvalue weighted by atomic mass is 10.1. The molecule has 0 atom stereocenters. The van der Waals surface area contributed by atoms with E-state index >= 15 is 0 Å². The van der Waals surface area contributed by atoms with Gasteiger partial charge in [-0.15, -0.1) is 0 Å². The lowest BCUT2D eigenvalue weighted by molar-refractivity contribution is -0.118. The van der Waals surface area contributed by atoms with Gasteiger partial charge in [0.05, 0.1) is 11.0 Å². The van der Waals surface area contributed by atoms with E-state index in [0.29, 0.717) is 13.2 Å². The second-order valence-corrected chi connectivity index (χ2v) is 7.40. The number of hydrogen-bond donors (Lipinski definition) is 3.